The van der Waals surface area contributed by atoms with E-state index in [0.29, 0.717) is 35.9 Å². The molecule has 1 aromatic carbocycles. The van der Waals surface area contributed by atoms with E-state index in [-0.39, 0.29) is 18.4 Å². The number of amides is 2. The topological polar surface area (TPSA) is 75.2 Å². The molecule has 0 bridgehead atoms. The average molecular weight is 359 g/mol. The summed E-state index contributed by atoms with van der Waals surface area (Å²) in [7, 11) is 0. The Hall–Kier alpha value is -2.47. The molecule has 0 saturated heterocycles. The van der Waals surface area contributed by atoms with Crippen molar-refractivity contribution < 1.29 is 9.59 Å². The van der Waals surface area contributed by atoms with Gasteiger partial charge in [-0.3, -0.25) is 9.59 Å². The van der Waals surface area contributed by atoms with E-state index < -0.39 is 0 Å². The highest BCUT2D eigenvalue weighted by Gasteiger charge is 2.25. The second-order valence-electron chi connectivity index (χ2n) is 6.01. The van der Waals surface area contributed by atoms with E-state index in [1.165, 1.54) is 0 Å². The van der Waals surface area contributed by atoms with E-state index in [2.05, 4.69) is 15.3 Å². The van der Waals surface area contributed by atoms with E-state index >= 15 is 0 Å². The van der Waals surface area contributed by atoms with Crippen molar-refractivity contribution in [2.24, 2.45) is 0 Å². The van der Waals surface area contributed by atoms with Gasteiger partial charge in [0.05, 0.1) is 17.8 Å². The van der Waals surface area contributed by atoms with E-state index in [1.54, 1.807) is 30.2 Å². The van der Waals surface area contributed by atoms with Crippen LogP contribution in [0.3, 0.4) is 0 Å². The zero-order chi connectivity index (χ0) is 17.8. The molecular formula is C18H19ClN4O2. The van der Waals surface area contributed by atoms with Gasteiger partial charge in [-0.1, -0.05) is 23.7 Å². The highest BCUT2D eigenvalue weighted by atomic mass is 35.5. The minimum atomic E-state index is -0.195. The molecule has 0 unspecified atom stereocenters. The molecule has 0 saturated carbocycles. The first-order chi connectivity index (χ1) is 12.0. The van der Waals surface area contributed by atoms with Gasteiger partial charge in [0.2, 0.25) is 5.91 Å². The highest BCUT2D eigenvalue weighted by molar-refractivity contribution is 6.30. The summed E-state index contributed by atoms with van der Waals surface area (Å²) < 4.78 is 0. The molecule has 6 nitrogen and oxygen atoms in total. The first-order valence-corrected chi connectivity index (χ1v) is 8.53. The molecule has 1 aliphatic heterocycles. The van der Waals surface area contributed by atoms with Crippen LogP contribution in [-0.2, 0) is 17.8 Å². The van der Waals surface area contributed by atoms with Crippen LogP contribution in [0.15, 0.2) is 30.5 Å². The number of benzene rings is 1. The highest BCUT2D eigenvalue weighted by Crippen LogP contribution is 2.16. The number of nitrogens with one attached hydrogen (secondary N) is 1. The van der Waals surface area contributed by atoms with Crippen LogP contribution >= 0.6 is 11.6 Å². The number of aromatic nitrogens is 2. The van der Waals surface area contributed by atoms with Gasteiger partial charge in [0.1, 0.15) is 5.82 Å². The Kier molecular flexibility index (Phi) is 5.28. The molecule has 0 fully saturated rings. The van der Waals surface area contributed by atoms with Gasteiger partial charge in [-0.05, 0) is 37.5 Å². The van der Waals surface area contributed by atoms with Gasteiger partial charge in [-0.15, -0.1) is 0 Å². The van der Waals surface area contributed by atoms with Crippen molar-refractivity contribution in [1.82, 2.24) is 20.2 Å². The Balaban J connectivity index is 1.61. The quantitative estimate of drug-likeness (QED) is 0.908. The molecule has 0 atom stereocenters. The van der Waals surface area contributed by atoms with Crippen LogP contribution in [0.2, 0.25) is 5.02 Å². The Morgan fingerprint density at radius 1 is 1.32 bits per heavy atom. The monoisotopic (exact) mass is 358 g/mol. The minimum Gasteiger partial charge on any atom is -0.350 e. The Bertz CT molecular complexity index is 792. The summed E-state index contributed by atoms with van der Waals surface area (Å²) >= 11 is 5.84. The maximum atomic E-state index is 12.6. The molecule has 130 valence electrons. The Labute approximate surface area is 151 Å². The van der Waals surface area contributed by atoms with Crippen molar-refractivity contribution in [3.8, 4) is 0 Å². The van der Waals surface area contributed by atoms with Crippen molar-refractivity contribution in [3.05, 3.63) is 58.1 Å². The lowest BCUT2D eigenvalue weighted by Crippen LogP contribution is -2.40. The number of rotatable bonds is 4. The molecule has 2 aromatic rings. The molecule has 3 rings (SSSR count). The SMILES string of the molecule is Cc1ncc2c(n1)CCCN(CC(=O)NCc1ccc(Cl)cc1)C2=O. The first kappa shape index (κ1) is 17.4. The number of hydrogen-bond acceptors (Lipinski definition) is 4. The van der Waals surface area contributed by atoms with E-state index in [4.69, 9.17) is 11.6 Å². The maximum absolute atomic E-state index is 12.6. The van der Waals surface area contributed by atoms with Gasteiger partial charge >= 0.3 is 0 Å². The van der Waals surface area contributed by atoms with Crippen molar-refractivity contribution >= 4 is 23.4 Å². The van der Waals surface area contributed by atoms with Crippen LogP contribution in [-0.4, -0.2) is 39.8 Å². The van der Waals surface area contributed by atoms with Crippen LogP contribution in [0.5, 0.6) is 0 Å². The molecule has 2 amide bonds. The second-order valence-corrected chi connectivity index (χ2v) is 6.45. The largest absolute Gasteiger partial charge is 0.350 e. The molecule has 25 heavy (non-hydrogen) atoms. The second kappa shape index (κ2) is 7.61. The Morgan fingerprint density at radius 3 is 2.84 bits per heavy atom. The number of nitrogens with zero attached hydrogens (tertiary/aromatic N) is 3. The van der Waals surface area contributed by atoms with Gasteiger partial charge < -0.3 is 10.2 Å². The number of carbonyl (C=O) groups is 2. The number of aryl methyl sites for hydroxylation is 2. The summed E-state index contributed by atoms with van der Waals surface area (Å²) in [4.78, 5) is 34.9. The summed E-state index contributed by atoms with van der Waals surface area (Å²) in [5.41, 5.74) is 2.21. The summed E-state index contributed by atoms with van der Waals surface area (Å²) in [6.45, 7) is 2.76. The lowest BCUT2D eigenvalue weighted by Gasteiger charge is -2.20. The molecule has 0 spiro atoms. The fourth-order valence-corrected chi connectivity index (χ4v) is 2.90. The predicted octanol–water partition coefficient (Wildman–Crippen LogP) is 2.14. The molecule has 1 aliphatic rings. The third kappa shape index (κ3) is 4.33. The third-order valence-corrected chi connectivity index (χ3v) is 4.34. The minimum absolute atomic E-state index is 0.0275. The molecule has 0 aliphatic carbocycles. The van der Waals surface area contributed by atoms with E-state index in [0.717, 1.165) is 17.7 Å². The average Bonchev–Trinajstić information content (AvgIpc) is 2.74. The van der Waals surface area contributed by atoms with Crippen molar-refractivity contribution in [2.75, 3.05) is 13.1 Å². The molecule has 7 heteroatoms. The fraction of sp³-hybridized carbons (Fsp3) is 0.333. The smallest absolute Gasteiger partial charge is 0.257 e. The summed E-state index contributed by atoms with van der Waals surface area (Å²) in [5, 5.41) is 3.49. The number of fused-ring (bicyclic) bond motifs is 1. The molecule has 2 heterocycles. The lowest BCUT2D eigenvalue weighted by atomic mass is 10.1. The van der Waals surface area contributed by atoms with Crippen LogP contribution < -0.4 is 5.32 Å². The maximum Gasteiger partial charge on any atom is 0.257 e. The number of carbonyl (C=O) groups excluding carboxylic acids is 2. The first-order valence-electron chi connectivity index (χ1n) is 8.16. The molecule has 0 radical (unpaired) electrons. The van der Waals surface area contributed by atoms with Crippen molar-refractivity contribution in [2.45, 2.75) is 26.3 Å². The third-order valence-electron chi connectivity index (χ3n) is 4.08. The summed E-state index contributed by atoms with van der Waals surface area (Å²) in [5.74, 6) is 0.273. The summed E-state index contributed by atoms with van der Waals surface area (Å²) in [6, 6.07) is 7.27. The van der Waals surface area contributed by atoms with Gasteiger partial charge in [-0.25, -0.2) is 9.97 Å². The number of halogens is 1. The van der Waals surface area contributed by atoms with Crippen molar-refractivity contribution in [1.29, 1.82) is 0 Å². The Morgan fingerprint density at radius 2 is 2.08 bits per heavy atom. The van der Waals surface area contributed by atoms with Crippen LogP contribution in [0, 0.1) is 6.92 Å². The van der Waals surface area contributed by atoms with Crippen LogP contribution in [0.25, 0.3) is 0 Å². The predicted molar refractivity (Wildman–Crippen MR) is 94.3 cm³/mol. The van der Waals surface area contributed by atoms with E-state index in [1.807, 2.05) is 12.1 Å². The zero-order valence-electron chi connectivity index (χ0n) is 14.0. The van der Waals surface area contributed by atoms with Gasteiger partial charge in [0, 0.05) is 24.3 Å². The van der Waals surface area contributed by atoms with Gasteiger partial charge in [-0.2, -0.15) is 0 Å². The van der Waals surface area contributed by atoms with Gasteiger partial charge in [0.25, 0.3) is 5.91 Å². The van der Waals surface area contributed by atoms with E-state index in [9.17, 15) is 9.59 Å². The molecule has 1 N–H and O–H groups in total. The summed E-state index contributed by atoms with van der Waals surface area (Å²) in [6.07, 6.45) is 3.05. The van der Waals surface area contributed by atoms with Crippen molar-refractivity contribution in [3.63, 3.8) is 0 Å². The van der Waals surface area contributed by atoms with Gasteiger partial charge in [0.15, 0.2) is 0 Å². The standard InChI is InChI=1S/C18H19ClN4O2/c1-12-20-10-15-16(22-12)3-2-8-23(18(15)25)11-17(24)21-9-13-4-6-14(19)7-5-13/h4-7,10H,2-3,8-9,11H2,1H3,(H,21,24). The normalized spacial score (nSPS) is 14.0. The van der Waals surface area contributed by atoms with Crippen LogP contribution in [0.1, 0.15) is 33.9 Å². The lowest BCUT2D eigenvalue weighted by molar-refractivity contribution is -0.122. The zero-order valence-corrected chi connectivity index (χ0v) is 14.7. The fourth-order valence-electron chi connectivity index (χ4n) is 2.78. The number of hydrogen-bond donors (Lipinski definition) is 1. The molecule has 1 aromatic heterocycles. The van der Waals surface area contributed by atoms with Crippen LogP contribution in [0.4, 0.5) is 0 Å². The molecular weight excluding hydrogens is 340 g/mol.